The number of likely N-dealkylation sites (tertiary alicyclic amines) is 1. The first kappa shape index (κ1) is 13.0. The standard InChI is InChI=1S/C12H21N3O/c1-12(2)5-8-15(10-12)9-11(16)14(3)7-4-6-13/h4-5,7-10H2,1-3H3. The van der Waals surface area contributed by atoms with Crippen LogP contribution in [0.5, 0.6) is 0 Å². The second-order valence-electron chi connectivity index (χ2n) is 5.35. The maximum Gasteiger partial charge on any atom is 0.236 e. The topological polar surface area (TPSA) is 47.3 Å². The second kappa shape index (κ2) is 5.31. The molecule has 1 aliphatic heterocycles. The minimum atomic E-state index is 0.118. The van der Waals surface area contributed by atoms with Crippen LogP contribution in [0.25, 0.3) is 0 Å². The fourth-order valence-corrected chi connectivity index (χ4v) is 2.01. The van der Waals surface area contributed by atoms with Gasteiger partial charge in [0.05, 0.1) is 19.0 Å². The van der Waals surface area contributed by atoms with Crippen LogP contribution in [-0.4, -0.2) is 48.9 Å². The van der Waals surface area contributed by atoms with E-state index in [2.05, 4.69) is 24.8 Å². The summed E-state index contributed by atoms with van der Waals surface area (Å²) in [5.74, 6) is 0.118. The summed E-state index contributed by atoms with van der Waals surface area (Å²) in [6.45, 7) is 7.49. The summed E-state index contributed by atoms with van der Waals surface area (Å²) in [5, 5.41) is 8.45. The minimum absolute atomic E-state index is 0.118. The number of nitrogens with zero attached hydrogens (tertiary/aromatic N) is 3. The highest BCUT2D eigenvalue weighted by Gasteiger charge is 2.30. The average Bonchev–Trinajstić information content (AvgIpc) is 2.54. The maximum absolute atomic E-state index is 11.8. The molecule has 0 aromatic heterocycles. The highest BCUT2D eigenvalue weighted by Crippen LogP contribution is 2.28. The molecule has 0 atom stereocenters. The van der Waals surface area contributed by atoms with Gasteiger partial charge >= 0.3 is 0 Å². The fraction of sp³-hybridized carbons (Fsp3) is 0.833. The lowest BCUT2D eigenvalue weighted by atomic mass is 9.93. The van der Waals surface area contributed by atoms with Gasteiger partial charge in [-0.05, 0) is 18.4 Å². The van der Waals surface area contributed by atoms with E-state index in [-0.39, 0.29) is 5.91 Å². The van der Waals surface area contributed by atoms with Crippen molar-refractivity contribution < 1.29 is 4.79 Å². The molecule has 0 bridgehead atoms. The molecule has 0 N–H and O–H groups in total. The molecule has 1 amide bonds. The van der Waals surface area contributed by atoms with E-state index in [1.807, 2.05) is 0 Å². The number of carbonyl (C=O) groups is 1. The van der Waals surface area contributed by atoms with Crippen molar-refractivity contribution in [3.8, 4) is 6.07 Å². The molecule has 16 heavy (non-hydrogen) atoms. The molecule has 4 nitrogen and oxygen atoms in total. The SMILES string of the molecule is CN(CCC#N)C(=O)CN1CCC(C)(C)C1. The molecule has 0 unspecified atom stereocenters. The predicted octanol–water partition coefficient (Wildman–Crippen LogP) is 1.09. The zero-order chi connectivity index (χ0) is 12.2. The monoisotopic (exact) mass is 223 g/mol. The lowest BCUT2D eigenvalue weighted by Crippen LogP contribution is -2.38. The van der Waals surface area contributed by atoms with Crippen molar-refractivity contribution in [1.29, 1.82) is 5.26 Å². The normalized spacial score (nSPS) is 19.4. The van der Waals surface area contributed by atoms with Crippen LogP contribution < -0.4 is 0 Å². The Hall–Kier alpha value is -1.08. The highest BCUT2D eigenvalue weighted by molar-refractivity contribution is 5.78. The quantitative estimate of drug-likeness (QED) is 0.717. The highest BCUT2D eigenvalue weighted by atomic mass is 16.2. The Kier molecular flexibility index (Phi) is 4.31. The molecule has 0 spiro atoms. The smallest absolute Gasteiger partial charge is 0.236 e. The fourth-order valence-electron chi connectivity index (χ4n) is 2.01. The third-order valence-corrected chi connectivity index (χ3v) is 3.10. The lowest BCUT2D eigenvalue weighted by Gasteiger charge is -2.22. The lowest BCUT2D eigenvalue weighted by molar-refractivity contribution is -0.130. The minimum Gasteiger partial charge on any atom is -0.344 e. The maximum atomic E-state index is 11.8. The van der Waals surface area contributed by atoms with Gasteiger partial charge in [-0.1, -0.05) is 13.8 Å². The van der Waals surface area contributed by atoms with E-state index in [1.165, 1.54) is 0 Å². The third-order valence-electron chi connectivity index (χ3n) is 3.10. The van der Waals surface area contributed by atoms with E-state index < -0.39 is 0 Å². The molecule has 0 saturated carbocycles. The Balaban J connectivity index is 2.32. The summed E-state index contributed by atoms with van der Waals surface area (Å²) >= 11 is 0. The average molecular weight is 223 g/mol. The Bertz CT molecular complexity index is 293. The van der Waals surface area contributed by atoms with E-state index in [9.17, 15) is 4.79 Å². The van der Waals surface area contributed by atoms with Crippen LogP contribution in [0.2, 0.25) is 0 Å². The van der Waals surface area contributed by atoms with Crippen LogP contribution >= 0.6 is 0 Å². The van der Waals surface area contributed by atoms with Crippen LogP contribution in [0, 0.1) is 16.7 Å². The number of rotatable bonds is 4. The number of hydrogen-bond acceptors (Lipinski definition) is 3. The largest absolute Gasteiger partial charge is 0.344 e. The summed E-state index contributed by atoms with van der Waals surface area (Å²) in [7, 11) is 1.76. The van der Waals surface area contributed by atoms with Crippen molar-refractivity contribution in [2.24, 2.45) is 5.41 Å². The van der Waals surface area contributed by atoms with Gasteiger partial charge in [0.2, 0.25) is 5.91 Å². The van der Waals surface area contributed by atoms with Gasteiger partial charge in [-0.25, -0.2) is 0 Å². The zero-order valence-corrected chi connectivity index (χ0v) is 10.5. The van der Waals surface area contributed by atoms with Crippen molar-refractivity contribution >= 4 is 5.91 Å². The first-order valence-electron chi connectivity index (χ1n) is 5.78. The Morgan fingerprint density at radius 1 is 1.56 bits per heavy atom. The van der Waals surface area contributed by atoms with Crippen LogP contribution in [0.4, 0.5) is 0 Å². The van der Waals surface area contributed by atoms with Gasteiger partial charge in [0.1, 0.15) is 0 Å². The van der Waals surface area contributed by atoms with Gasteiger partial charge < -0.3 is 4.90 Å². The van der Waals surface area contributed by atoms with Gasteiger partial charge in [0.25, 0.3) is 0 Å². The van der Waals surface area contributed by atoms with Gasteiger partial charge in [0, 0.05) is 20.1 Å². The number of amides is 1. The van der Waals surface area contributed by atoms with E-state index in [0.717, 1.165) is 19.5 Å². The molecule has 4 heteroatoms. The molecule has 1 saturated heterocycles. The van der Waals surface area contributed by atoms with E-state index in [1.54, 1.807) is 11.9 Å². The van der Waals surface area contributed by atoms with Gasteiger partial charge in [-0.2, -0.15) is 5.26 Å². The van der Waals surface area contributed by atoms with Crippen molar-refractivity contribution in [3.05, 3.63) is 0 Å². The van der Waals surface area contributed by atoms with Gasteiger partial charge in [0.15, 0.2) is 0 Å². The third kappa shape index (κ3) is 3.82. The number of carbonyl (C=O) groups excluding carboxylic acids is 1. The van der Waals surface area contributed by atoms with Crippen LogP contribution in [0.1, 0.15) is 26.7 Å². The molecule has 0 aliphatic carbocycles. The van der Waals surface area contributed by atoms with E-state index in [0.29, 0.717) is 24.9 Å². The Morgan fingerprint density at radius 2 is 2.25 bits per heavy atom. The number of nitriles is 1. The Morgan fingerprint density at radius 3 is 2.75 bits per heavy atom. The molecular weight excluding hydrogens is 202 g/mol. The van der Waals surface area contributed by atoms with Crippen molar-refractivity contribution in [1.82, 2.24) is 9.80 Å². The van der Waals surface area contributed by atoms with E-state index in [4.69, 9.17) is 5.26 Å². The number of hydrogen-bond donors (Lipinski definition) is 0. The second-order valence-corrected chi connectivity index (χ2v) is 5.35. The molecule has 1 aliphatic rings. The zero-order valence-electron chi connectivity index (χ0n) is 10.5. The summed E-state index contributed by atoms with van der Waals surface area (Å²) in [5.41, 5.74) is 0.339. The van der Waals surface area contributed by atoms with Crippen LogP contribution in [-0.2, 0) is 4.79 Å². The molecule has 1 fully saturated rings. The first-order valence-corrected chi connectivity index (χ1v) is 5.78. The number of likely N-dealkylation sites (N-methyl/N-ethyl adjacent to an activating group) is 1. The summed E-state index contributed by atoms with van der Waals surface area (Å²) in [6.07, 6.45) is 1.57. The molecular formula is C12H21N3O. The van der Waals surface area contributed by atoms with Crippen LogP contribution in [0.15, 0.2) is 0 Å². The molecule has 1 heterocycles. The molecule has 90 valence electrons. The molecule has 0 aromatic carbocycles. The van der Waals surface area contributed by atoms with Crippen LogP contribution in [0.3, 0.4) is 0 Å². The summed E-state index contributed by atoms with van der Waals surface area (Å²) < 4.78 is 0. The van der Waals surface area contributed by atoms with E-state index >= 15 is 0 Å². The first-order chi connectivity index (χ1) is 7.44. The van der Waals surface area contributed by atoms with Crippen molar-refractivity contribution in [2.75, 3.05) is 33.2 Å². The predicted molar refractivity (Wildman–Crippen MR) is 62.7 cm³/mol. The van der Waals surface area contributed by atoms with Gasteiger partial charge in [-0.3, -0.25) is 9.69 Å². The van der Waals surface area contributed by atoms with Gasteiger partial charge in [-0.15, -0.1) is 0 Å². The molecule has 0 radical (unpaired) electrons. The molecule has 0 aromatic rings. The van der Waals surface area contributed by atoms with Crippen molar-refractivity contribution in [2.45, 2.75) is 26.7 Å². The summed E-state index contributed by atoms with van der Waals surface area (Å²) in [4.78, 5) is 15.6. The Labute approximate surface area is 97.8 Å². The van der Waals surface area contributed by atoms with Crippen molar-refractivity contribution in [3.63, 3.8) is 0 Å². The molecule has 1 rings (SSSR count). The summed E-state index contributed by atoms with van der Waals surface area (Å²) in [6, 6.07) is 2.05.